The number of carboxylic acids is 1. The Kier molecular flexibility index (Phi) is 5.98. The molecule has 5 heteroatoms. The minimum absolute atomic E-state index is 0.0160. The molecule has 5 nitrogen and oxygen atoms in total. The van der Waals surface area contributed by atoms with E-state index in [-0.39, 0.29) is 11.3 Å². The third kappa shape index (κ3) is 4.77. The molecule has 0 aliphatic heterocycles. The number of ether oxygens (including phenoxy) is 1. The van der Waals surface area contributed by atoms with Crippen molar-refractivity contribution in [1.82, 2.24) is 0 Å². The van der Waals surface area contributed by atoms with Crippen LogP contribution in [0.2, 0.25) is 0 Å². The van der Waals surface area contributed by atoms with E-state index in [0.29, 0.717) is 0 Å². The van der Waals surface area contributed by atoms with E-state index in [1.165, 1.54) is 26.0 Å². The molecule has 0 amide bonds. The number of carbonyl (C=O) groups excluding carboxylic acids is 1. The van der Waals surface area contributed by atoms with E-state index in [1.807, 2.05) is 0 Å². The van der Waals surface area contributed by atoms with Crippen molar-refractivity contribution in [3.63, 3.8) is 0 Å². The number of benzene rings is 1. The number of hydrogen-bond acceptors (Lipinski definition) is 4. The van der Waals surface area contributed by atoms with Gasteiger partial charge in [0.05, 0.1) is 6.07 Å². The first-order valence-corrected chi connectivity index (χ1v) is 4.34. The Hall–Kier alpha value is -2.35. The highest BCUT2D eigenvalue weighted by Crippen LogP contribution is 2.17. The van der Waals surface area contributed by atoms with Gasteiger partial charge in [-0.1, -0.05) is 12.1 Å². The molecule has 16 heavy (non-hydrogen) atoms. The molecule has 0 radical (unpaired) electrons. The van der Waals surface area contributed by atoms with Crippen molar-refractivity contribution >= 4 is 11.9 Å². The first kappa shape index (κ1) is 13.7. The van der Waals surface area contributed by atoms with Gasteiger partial charge in [0.25, 0.3) is 0 Å². The number of aromatic carboxylic acids is 1. The number of nitriles is 1. The Balaban J connectivity index is 0.000000673. The molecule has 1 rings (SSSR count). The summed E-state index contributed by atoms with van der Waals surface area (Å²) in [5.74, 6) is -1.58. The molecule has 0 fully saturated rings. The van der Waals surface area contributed by atoms with E-state index in [1.54, 1.807) is 18.2 Å². The highest BCUT2D eigenvalue weighted by Gasteiger charge is 2.10. The van der Waals surface area contributed by atoms with Gasteiger partial charge in [-0.05, 0) is 12.1 Å². The highest BCUT2D eigenvalue weighted by atomic mass is 16.5. The molecule has 0 saturated carbocycles. The molecule has 0 saturated heterocycles. The molecule has 0 spiro atoms. The van der Waals surface area contributed by atoms with E-state index in [9.17, 15) is 9.59 Å². The van der Waals surface area contributed by atoms with Crippen LogP contribution in [0.5, 0.6) is 5.75 Å². The number of carbonyl (C=O) groups is 2. The van der Waals surface area contributed by atoms with Crippen LogP contribution < -0.4 is 4.74 Å². The molecule has 0 aliphatic rings. The van der Waals surface area contributed by atoms with Crippen LogP contribution in [-0.4, -0.2) is 17.0 Å². The summed E-state index contributed by atoms with van der Waals surface area (Å²) < 4.78 is 4.69. The van der Waals surface area contributed by atoms with Crippen molar-refractivity contribution in [3.05, 3.63) is 29.8 Å². The van der Waals surface area contributed by atoms with Crippen molar-refractivity contribution in [2.45, 2.75) is 13.8 Å². The van der Waals surface area contributed by atoms with E-state index in [4.69, 9.17) is 10.4 Å². The smallest absolute Gasteiger partial charge is 0.339 e. The summed E-state index contributed by atoms with van der Waals surface area (Å²) in [5.41, 5.74) is -0.0160. The summed E-state index contributed by atoms with van der Waals surface area (Å²) in [6.07, 6.45) is 0. The topological polar surface area (TPSA) is 87.4 Å². The first-order chi connectivity index (χ1) is 7.52. The third-order valence-electron chi connectivity index (χ3n) is 1.37. The van der Waals surface area contributed by atoms with Crippen LogP contribution in [-0.2, 0) is 4.79 Å². The summed E-state index contributed by atoms with van der Waals surface area (Å²) in [6, 6.07) is 7.73. The summed E-state index contributed by atoms with van der Waals surface area (Å²) >= 11 is 0. The van der Waals surface area contributed by atoms with Crippen LogP contribution in [0.15, 0.2) is 24.3 Å². The zero-order valence-electron chi connectivity index (χ0n) is 8.93. The Labute approximate surface area is 92.9 Å². The number of para-hydroxylation sites is 1. The predicted octanol–water partition coefficient (Wildman–Crippen LogP) is 1.84. The lowest BCUT2D eigenvalue weighted by atomic mass is 10.2. The third-order valence-corrected chi connectivity index (χ3v) is 1.37. The van der Waals surface area contributed by atoms with Crippen LogP contribution in [0.1, 0.15) is 24.2 Å². The minimum Gasteiger partial charge on any atom is -0.478 e. The van der Waals surface area contributed by atoms with Gasteiger partial charge in [0.15, 0.2) is 0 Å². The van der Waals surface area contributed by atoms with Crippen molar-refractivity contribution in [3.8, 4) is 11.8 Å². The SMILES string of the molecule is CC#N.CC(=O)Oc1ccccc1C(=O)O. The largest absolute Gasteiger partial charge is 0.478 e. The van der Waals surface area contributed by atoms with Crippen molar-refractivity contribution in [2.75, 3.05) is 0 Å². The maximum atomic E-state index is 10.6. The van der Waals surface area contributed by atoms with Gasteiger partial charge >= 0.3 is 11.9 Å². The summed E-state index contributed by atoms with van der Waals surface area (Å²) in [7, 11) is 0. The second-order valence-electron chi connectivity index (χ2n) is 2.62. The van der Waals surface area contributed by atoms with Crippen molar-refractivity contribution in [2.24, 2.45) is 0 Å². The van der Waals surface area contributed by atoms with E-state index in [0.717, 1.165) is 0 Å². The van der Waals surface area contributed by atoms with Gasteiger partial charge in [-0.2, -0.15) is 5.26 Å². The summed E-state index contributed by atoms with van der Waals surface area (Å²) in [5, 5.41) is 16.0. The molecule has 84 valence electrons. The van der Waals surface area contributed by atoms with Gasteiger partial charge in [-0.25, -0.2) is 4.79 Å². The van der Waals surface area contributed by atoms with Gasteiger partial charge < -0.3 is 9.84 Å². The molecule has 1 aromatic rings. The fourth-order valence-corrected chi connectivity index (χ4v) is 0.887. The van der Waals surface area contributed by atoms with Gasteiger partial charge in [0.2, 0.25) is 0 Å². The van der Waals surface area contributed by atoms with Gasteiger partial charge in [-0.3, -0.25) is 4.79 Å². The molecule has 1 aromatic carbocycles. The normalized spacial score (nSPS) is 8.06. The van der Waals surface area contributed by atoms with E-state index < -0.39 is 11.9 Å². The second kappa shape index (κ2) is 7.01. The highest BCUT2D eigenvalue weighted by molar-refractivity contribution is 5.91. The van der Waals surface area contributed by atoms with Crippen molar-refractivity contribution in [1.29, 1.82) is 5.26 Å². The second-order valence-corrected chi connectivity index (χ2v) is 2.62. The van der Waals surface area contributed by atoms with Crippen LogP contribution in [0.3, 0.4) is 0 Å². The van der Waals surface area contributed by atoms with Crippen LogP contribution in [0.4, 0.5) is 0 Å². The van der Waals surface area contributed by atoms with Crippen LogP contribution in [0, 0.1) is 11.3 Å². The summed E-state index contributed by atoms with van der Waals surface area (Å²) in [6.45, 7) is 2.65. The minimum atomic E-state index is -1.11. The lowest BCUT2D eigenvalue weighted by Gasteiger charge is -2.03. The molecule has 0 aromatic heterocycles. The standard InChI is InChI=1S/C9H8O4.C2H3N/c1-6(10)13-8-5-3-2-4-7(8)9(11)12;1-2-3/h2-5H,1H3,(H,11,12);1H3. The average molecular weight is 221 g/mol. The molecule has 0 heterocycles. The lowest BCUT2D eigenvalue weighted by molar-refractivity contribution is -0.131. The maximum Gasteiger partial charge on any atom is 0.339 e. The molecule has 0 bridgehead atoms. The predicted molar refractivity (Wildman–Crippen MR) is 56.0 cm³/mol. The zero-order chi connectivity index (χ0) is 12.6. The van der Waals surface area contributed by atoms with Gasteiger partial charge in [-0.15, -0.1) is 0 Å². The molecule has 0 unspecified atom stereocenters. The lowest BCUT2D eigenvalue weighted by Crippen LogP contribution is -2.06. The number of carboxylic acid groups (broad SMARTS) is 1. The fourth-order valence-electron chi connectivity index (χ4n) is 0.887. The molecular formula is C11H11NO4. The van der Waals surface area contributed by atoms with E-state index >= 15 is 0 Å². The number of rotatable bonds is 2. The Bertz CT molecular complexity index is 420. The number of esters is 1. The van der Waals surface area contributed by atoms with E-state index in [2.05, 4.69) is 4.74 Å². The van der Waals surface area contributed by atoms with Crippen LogP contribution >= 0.6 is 0 Å². The summed E-state index contributed by atoms with van der Waals surface area (Å²) in [4.78, 5) is 21.2. The van der Waals surface area contributed by atoms with Crippen molar-refractivity contribution < 1.29 is 19.4 Å². The fraction of sp³-hybridized carbons (Fsp3) is 0.182. The monoisotopic (exact) mass is 221 g/mol. The quantitative estimate of drug-likeness (QED) is 0.608. The van der Waals surface area contributed by atoms with Gasteiger partial charge in [0, 0.05) is 13.8 Å². The molecule has 0 aliphatic carbocycles. The number of nitrogens with zero attached hydrogens (tertiary/aromatic N) is 1. The first-order valence-electron chi connectivity index (χ1n) is 4.34. The maximum absolute atomic E-state index is 10.6. The number of hydrogen-bond donors (Lipinski definition) is 1. The van der Waals surface area contributed by atoms with Gasteiger partial charge in [0.1, 0.15) is 11.3 Å². The molecule has 1 N–H and O–H groups in total. The Morgan fingerprint density at radius 3 is 2.31 bits per heavy atom. The Morgan fingerprint density at radius 2 is 1.88 bits per heavy atom. The zero-order valence-corrected chi connectivity index (χ0v) is 8.93. The Morgan fingerprint density at radius 1 is 1.38 bits per heavy atom. The average Bonchev–Trinajstić information content (AvgIpc) is 2.18. The van der Waals surface area contributed by atoms with Crippen LogP contribution in [0.25, 0.3) is 0 Å². The molecule has 0 atom stereocenters. The molecular weight excluding hydrogens is 210 g/mol.